The fourth-order valence-corrected chi connectivity index (χ4v) is 2.23. The topological polar surface area (TPSA) is 44.2 Å². The van der Waals surface area contributed by atoms with Crippen molar-refractivity contribution in [2.45, 2.75) is 6.61 Å². The Morgan fingerprint density at radius 1 is 1.05 bits per heavy atom. The van der Waals surface area contributed by atoms with Crippen LogP contribution in [0.5, 0.6) is 11.6 Å². The lowest BCUT2D eigenvalue weighted by Gasteiger charge is -2.09. The molecule has 3 aromatic rings. The van der Waals surface area contributed by atoms with Gasteiger partial charge >= 0.3 is 0 Å². The molecular formula is C16H14Cl2N2O2. The molecule has 2 aromatic carbocycles. The number of nitrogens with zero attached hydrogens (tertiary/aromatic N) is 2. The van der Waals surface area contributed by atoms with Gasteiger partial charge in [0.15, 0.2) is 0 Å². The highest BCUT2D eigenvalue weighted by molar-refractivity contribution is 6.36. The fraction of sp³-hybridized carbons (Fsp3) is 0.125. The Hall–Kier alpha value is -2.04. The first kappa shape index (κ1) is 16.3. The third-order valence-electron chi connectivity index (χ3n) is 3.09. The summed E-state index contributed by atoms with van der Waals surface area (Å²) >= 11 is 6.35. The lowest BCUT2D eigenvalue weighted by molar-refractivity contribution is 0.291. The van der Waals surface area contributed by atoms with Gasteiger partial charge in [-0.3, -0.25) is 0 Å². The molecule has 4 nitrogen and oxygen atoms in total. The number of benzene rings is 2. The highest BCUT2D eigenvalue weighted by Crippen LogP contribution is 2.31. The minimum atomic E-state index is 0. The summed E-state index contributed by atoms with van der Waals surface area (Å²) in [5.74, 6) is 1.03. The van der Waals surface area contributed by atoms with Crippen LogP contribution in [0.25, 0.3) is 10.9 Å². The van der Waals surface area contributed by atoms with E-state index in [1.165, 1.54) is 0 Å². The number of fused-ring (bicyclic) bond motifs is 1. The standard InChI is InChI=1S/C16H13ClN2O2.ClH/c1-20-12-7-8-14-13(9-12)15(17)16(19-18-14)21-10-11-5-3-2-4-6-11;/h2-9H,10H2,1H3;1H. The predicted molar refractivity (Wildman–Crippen MR) is 89.1 cm³/mol. The zero-order chi connectivity index (χ0) is 14.7. The highest BCUT2D eigenvalue weighted by atomic mass is 35.5. The second-order valence-electron chi connectivity index (χ2n) is 4.48. The Balaban J connectivity index is 0.00000176. The van der Waals surface area contributed by atoms with Crippen molar-refractivity contribution in [2.24, 2.45) is 0 Å². The number of hydrogen-bond acceptors (Lipinski definition) is 4. The van der Waals surface area contributed by atoms with Gasteiger partial charge in [-0.1, -0.05) is 41.9 Å². The lowest BCUT2D eigenvalue weighted by Crippen LogP contribution is -1.99. The second-order valence-corrected chi connectivity index (χ2v) is 4.85. The van der Waals surface area contributed by atoms with Crippen LogP contribution in [0.2, 0.25) is 5.02 Å². The number of ether oxygens (including phenoxy) is 2. The van der Waals surface area contributed by atoms with E-state index in [2.05, 4.69) is 10.2 Å². The zero-order valence-corrected chi connectivity index (χ0v) is 13.4. The van der Waals surface area contributed by atoms with Crippen LogP contribution in [0, 0.1) is 0 Å². The summed E-state index contributed by atoms with van der Waals surface area (Å²) in [7, 11) is 1.61. The predicted octanol–water partition coefficient (Wildman–Crippen LogP) is 4.29. The number of hydrogen-bond donors (Lipinski definition) is 0. The van der Waals surface area contributed by atoms with Crippen LogP contribution < -0.4 is 9.47 Å². The zero-order valence-electron chi connectivity index (χ0n) is 11.8. The Morgan fingerprint density at radius 2 is 1.82 bits per heavy atom. The van der Waals surface area contributed by atoms with Crippen molar-refractivity contribution in [3.63, 3.8) is 0 Å². The number of halogens is 2. The number of aromatic nitrogens is 2. The maximum Gasteiger partial charge on any atom is 0.253 e. The molecule has 1 aromatic heterocycles. The third-order valence-corrected chi connectivity index (χ3v) is 3.46. The average Bonchev–Trinajstić information content (AvgIpc) is 2.55. The number of rotatable bonds is 4. The van der Waals surface area contributed by atoms with E-state index >= 15 is 0 Å². The van der Waals surface area contributed by atoms with Gasteiger partial charge in [0.2, 0.25) is 0 Å². The Bertz CT molecular complexity index is 767. The SMILES string of the molecule is COc1ccc2nnc(OCc3ccccc3)c(Cl)c2c1.Cl. The molecule has 0 aliphatic rings. The van der Waals surface area contributed by atoms with Crippen molar-refractivity contribution in [2.75, 3.05) is 7.11 Å². The van der Waals surface area contributed by atoms with Gasteiger partial charge in [-0.05, 0) is 23.8 Å². The summed E-state index contributed by atoms with van der Waals surface area (Å²) < 4.78 is 10.9. The van der Waals surface area contributed by atoms with Gasteiger partial charge in [0, 0.05) is 5.39 Å². The molecule has 0 unspecified atom stereocenters. The summed E-state index contributed by atoms with van der Waals surface area (Å²) in [5.41, 5.74) is 1.74. The van der Waals surface area contributed by atoms with E-state index in [0.29, 0.717) is 28.8 Å². The minimum Gasteiger partial charge on any atom is -0.497 e. The molecule has 114 valence electrons. The summed E-state index contributed by atoms with van der Waals surface area (Å²) in [6.45, 7) is 0.394. The summed E-state index contributed by atoms with van der Waals surface area (Å²) in [5, 5.41) is 9.34. The van der Waals surface area contributed by atoms with Crippen LogP contribution in [-0.2, 0) is 6.61 Å². The van der Waals surface area contributed by atoms with Gasteiger partial charge in [0.05, 0.1) is 12.6 Å². The monoisotopic (exact) mass is 336 g/mol. The minimum absolute atomic E-state index is 0. The van der Waals surface area contributed by atoms with E-state index in [4.69, 9.17) is 21.1 Å². The molecule has 3 rings (SSSR count). The molecule has 22 heavy (non-hydrogen) atoms. The summed E-state index contributed by atoms with van der Waals surface area (Å²) in [6, 6.07) is 15.3. The summed E-state index contributed by atoms with van der Waals surface area (Å²) in [4.78, 5) is 0. The molecular weight excluding hydrogens is 323 g/mol. The third kappa shape index (κ3) is 3.40. The van der Waals surface area contributed by atoms with Crippen molar-refractivity contribution < 1.29 is 9.47 Å². The first-order chi connectivity index (χ1) is 10.3. The van der Waals surface area contributed by atoms with Gasteiger partial charge < -0.3 is 9.47 Å². The van der Waals surface area contributed by atoms with Crippen molar-refractivity contribution in [1.29, 1.82) is 0 Å². The Morgan fingerprint density at radius 3 is 2.55 bits per heavy atom. The molecule has 0 bridgehead atoms. The smallest absolute Gasteiger partial charge is 0.253 e. The summed E-state index contributed by atoms with van der Waals surface area (Å²) in [6.07, 6.45) is 0. The van der Waals surface area contributed by atoms with E-state index in [0.717, 1.165) is 10.9 Å². The van der Waals surface area contributed by atoms with Gasteiger partial charge in [0.25, 0.3) is 5.88 Å². The van der Waals surface area contributed by atoms with Crippen molar-refractivity contribution in [3.05, 3.63) is 59.1 Å². The highest BCUT2D eigenvalue weighted by Gasteiger charge is 2.11. The van der Waals surface area contributed by atoms with E-state index < -0.39 is 0 Å². The molecule has 0 atom stereocenters. The van der Waals surface area contributed by atoms with Crippen LogP contribution in [0.4, 0.5) is 0 Å². The first-order valence-electron chi connectivity index (χ1n) is 6.44. The van der Waals surface area contributed by atoms with Crippen molar-refractivity contribution in [1.82, 2.24) is 10.2 Å². The molecule has 0 saturated heterocycles. The maximum atomic E-state index is 6.35. The molecule has 6 heteroatoms. The lowest BCUT2D eigenvalue weighted by atomic mass is 10.2. The second kappa shape index (κ2) is 7.29. The molecule has 0 N–H and O–H groups in total. The van der Waals surface area contributed by atoms with Crippen LogP contribution in [0.15, 0.2) is 48.5 Å². The van der Waals surface area contributed by atoms with Gasteiger partial charge in [-0.15, -0.1) is 22.6 Å². The van der Waals surface area contributed by atoms with E-state index in [1.54, 1.807) is 7.11 Å². The molecule has 0 aliphatic heterocycles. The molecule has 0 radical (unpaired) electrons. The molecule has 0 amide bonds. The van der Waals surface area contributed by atoms with E-state index in [1.807, 2.05) is 48.5 Å². The van der Waals surface area contributed by atoms with E-state index in [9.17, 15) is 0 Å². The van der Waals surface area contributed by atoms with Crippen molar-refractivity contribution in [3.8, 4) is 11.6 Å². The van der Waals surface area contributed by atoms with Crippen LogP contribution in [0.3, 0.4) is 0 Å². The Kier molecular flexibility index (Phi) is 5.41. The normalized spacial score (nSPS) is 10.1. The van der Waals surface area contributed by atoms with Crippen LogP contribution >= 0.6 is 24.0 Å². The molecule has 0 fully saturated rings. The van der Waals surface area contributed by atoms with Crippen molar-refractivity contribution >= 4 is 34.9 Å². The first-order valence-corrected chi connectivity index (χ1v) is 6.82. The quantitative estimate of drug-likeness (QED) is 0.712. The average molecular weight is 337 g/mol. The molecule has 1 heterocycles. The molecule has 0 spiro atoms. The fourth-order valence-electron chi connectivity index (χ4n) is 1.98. The van der Waals surface area contributed by atoms with Gasteiger partial charge in [0.1, 0.15) is 17.4 Å². The number of methoxy groups -OCH3 is 1. The van der Waals surface area contributed by atoms with Gasteiger partial charge in [-0.25, -0.2) is 0 Å². The molecule has 0 aliphatic carbocycles. The molecule has 0 saturated carbocycles. The van der Waals surface area contributed by atoms with Gasteiger partial charge in [-0.2, -0.15) is 0 Å². The van der Waals surface area contributed by atoms with Crippen LogP contribution in [0.1, 0.15) is 5.56 Å². The van der Waals surface area contributed by atoms with Crippen LogP contribution in [-0.4, -0.2) is 17.3 Å². The largest absolute Gasteiger partial charge is 0.497 e. The maximum absolute atomic E-state index is 6.35. The van der Waals surface area contributed by atoms with E-state index in [-0.39, 0.29) is 12.4 Å². The Labute approximate surface area is 139 Å².